The van der Waals surface area contributed by atoms with Crippen LogP contribution in [0.4, 0.5) is 0 Å². The molecule has 0 saturated heterocycles. The summed E-state index contributed by atoms with van der Waals surface area (Å²) >= 11 is 3.56. The molecule has 0 fully saturated rings. The van der Waals surface area contributed by atoms with Crippen LogP contribution in [0.2, 0.25) is 0 Å². The molecule has 1 nitrogen and oxygen atoms in total. The van der Waals surface area contributed by atoms with Crippen molar-refractivity contribution < 1.29 is 28.5 Å². The van der Waals surface area contributed by atoms with E-state index in [1.807, 2.05) is 6.07 Å². The van der Waals surface area contributed by atoms with E-state index < -0.39 is 0 Å². The fourth-order valence-corrected chi connectivity index (χ4v) is 3.85. The zero-order chi connectivity index (χ0) is 19.3. The average Bonchev–Trinajstić information content (AvgIpc) is 2.73. The van der Waals surface area contributed by atoms with E-state index in [1.54, 1.807) is 0 Å². The van der Waals surface area contributed by atoms with E-state index in [0.29, 0.717) is 0 Å². The van der Waals surface area contributed by atoms with Crippen molar-refractivity contribution in [2.45, 2.75) is 0 Å². The summed E-state index contributed by atoms with van der Waals surface area (Å²) in [5.74, 6) is 0. The number of halogens is 2. The van der Waals surface area contributed by atoms with Crippen molar-refractivity contribution in [2.75, 3.05) is 0 Å². The first-order chi connectivity index (χ1) is 13.7. The molecule has 29 heavy (non-hydrogen) atoms. The van der Waals surface area contributed by atoms with Crippen LogP contribution in [0.1, 0.15) is 11.1 Å². The zero-order valence-corrected chi connectivity index (χ0v) is 19.8. The van der Waals surface area contributed by atoms with E-state index in [9.17, 15) is 0 Å². The van der Waals surface area contributed by atoms with Gasteiger partial charge in [0.15, 0.2) is 6.20 Å². The Morgan fingerprint density at radius 3 is 2.00 bits per heavy atom. The lowest BCUT2D eigenvalue weighted by molar-refractivity contribution is -0.660. The first-order valence-electron chi connectivity index (χ1n) is 9.29. The van der Waals surface area contributed by atoms with Crippen LogP contribution >= 0.6 is 15.9 Å². The van der Waals surface area contributed by atoms with Gasteiger partial charge in [0.05, 0.1) is 0 Å². The average molecular weight is 554 g/mol. The van der Waals surface area contributed by atoms with Gasteiger partial charge in [0.1, 0.15) is 7.05 Å². The van der Waals surface area contributed by atoms with Crippen molar-refractivity contribution in [2.24, 2.45) is 7.05 Å². The summed E-state index contributed by atoms with van der Waals surface area (Å²) in [6.07, 6.45) is 6.58. The van der Waals surface area contributed by atoms with Gasteiger partial charge in [0, 0.05) is 21.2 Å². The molecule has 0 bridgehead atoms. The summed E-state index contributed by atoms with van der Waals surface area (Å²) in [5.41, 5.74) is 7.19. The third-order valence-electron chi connectivity index (χ3n) is 4.73. The van der Waals surface area contributed by atoms with Gasteiger partial charge in [-0.25, -0.2) is 0 Å². The number of aromatic nitrogens is 1. The minimum absolute atomic E-state index is 0. The molecular formula is C26H21BrIN. The molecule has 3 heteroatoms. The molecule has 0 aliphatic rings. The maximum atomic E-state index is 3.56. The lowest BCUT2D eigenvalue weighted by Crippen LogP contribution is -3.00. The predicted octanol–water partition coefficient (Wildman–Crippen LogP) is 3.78. The Hall–Kier alpha value is -2.24. The molecule has 0 amide bonds. The lowest BCUT2D eigenvalue weighted by atomic mass is 9.99. The molecule has 0 N–H and O–H groups in total. The normalized spacial score (nSPS) is 10.7. The van der Waals surface area contributed by atoms with Gasteiger partial charge < -0.3 is 24.0 Å². The Labute approximate surface area is 197 Å². The first kappa shape index (κ1) is 21.5. The quantitative estimate of drug-likeness (QED) is 0.267. The fraction of sp³-hybridized carbons (Fsp3) is 0.0385. The molecule has 0 unspecified atom stereocenters. The number of nitrogens with zero attached hydrogens (tertiary/aromatic N) is 1. The molecule has 1 heterocycles. The Morgan fingerprint density at radius 1 is 0.690 bits per heavy atom. The Morgan fingerprint density at radius 2 is 1.34 bits per heavy atom. The van der Waals surface area contributed by atoms with Crippen molar-refractivity contribution in [1.29, 1.82) is 0 Å². The van der Waals surface area contributed by atoms with Gasteiger partial charge in [-0.2, -0.15) is 4.57 Å². The number of hydrogen-bond acceptors (Lipinski definition) is 0. The van der Waals surface area contributed by atoms with Gasteiger partial charge in [0.25, 0.3) is 0 Å². The van der Waals surface area contributed by atoms with Gasteiger partial charge in [-0.1, -0.05) is 82.7 Å². The molecule has 4 aromatic rings. The highest BCUT2D eigenvalue weighted by atomic mass is 127. The van der Waals surface area contributed by atoms with Crippen molar-refractivity contribution in [3.63, 3.8) is 0 Å². The second-order valence-electron chi connectivity index (χ2n) is 6.76. The summed E-state index contributed by atoms with van der Waals surface area (Å²) < 4.78 is 3.31. The van der Waals surface area contributed by atoms with Crippen LogP contribution in [-0.2, 0) is 7.05 Å². The van der Waals surface area contributed by atoms with Crippen LogP contribution < -0.4 is 28.5 Å². The van der Waals surface area contributed by atoms with Gasteiger partial charge in [-0.05, 0) is 47.5 Å². The number of rotatable bonds is 4. The molecule has 0 aliphatic heterocycles. The molecule has 0 atom stereocenters. The highest BCUT2D eigenvalue weighted by Crippen LogP contribution is 2.27. The van der Waals surface area contributed by atoms with Crippen molar-refractivity contribution >= 4 is 28.1 Å². The van der Waals surface area contributed by atoms with E-state index in [0.717, 1.165) is 4.47 Å². The Bertz CT molecular complexity index is 1120. The van der Waals surface area contributed by atoms with Crippen LogP contribution in [0, 0.1) is 0 Å². The monoisotopic (exact) mass is 553 g/mol. The fourth-order valence-electron chi connectivity index (χ4n) is 3.43. The minimum Gasteiger partial charge on any atom is -1.00 e. The van der Waals surface area contributed by atoms with E-state index in [-0.39, 0.29) is 24.0 Å². The van der Waals surface area contributed by atoms with Crippen LogP contribution in [0.5, 0.6) is 0 Å². The number of pyridine rings is 1. The number of hydrogen-bond donors (Lipinski definition) is 0. The first-order valence-corrected chi connectivity index (χ1v) is 10.1. The Balaban J connectivity index is 0.00000240. The van der Waals surface area contributed by atoms with Gasteiger partial charge in [0.2, 0.25) is 5.69 Å². The van der Waals surface area contributed by atoms with Crippen molar-refractivity contribution in [1.82, 2.24) is 0 Å². The maximum Gasteiger partial charge on any atom is 0.219 e. The molecule has 0 aliphatic carbocycles. The molecule has 1 aromatic heterocycles. The molecule has 3 aromatic carbocycles. The molecule has 4 rings (SSSR count). The van der Waals surface area contributed by atoms with E-state index in [4.69, 9.17) is 0 Å². The highest BCUT2D eigenvalue weighted by molar-refractivity contribution is 9.10. The van der Waals surface area contributed by atoms with E-state index >= 15 is 0 Å². The van der Waals surface area contributed by atoms with E-state index in [2.05, 4.69) is 131 Å². The third-order valence-corrected chi connectivity index (χ3v) is 5.22. The summed E-state index contributed by atoms with van der Waals surface area (Å²) in [6, 6.07) is 31.7. The number of benzene rings is 3. The van der Waals surface area contributed by atoms with Crippen LogP contribution in [-0.4, -0.2) is 0 Å². The van der Waals surface area contributed by atoms with Crippen molar-refractivity contribution in [3.05, 3.63) is 113 Å². The van der Waals surface area contributed by atoms with Crippen LogP contribution in [0.3, 0.4) is 0 Å². The summed E-state index contributed by atoms with van der Waals surface area (Å²) in [4.78, 5) is 0. The van der Waals surface area contributed by atoms with Crippen LogP contribution in [0.15, 0.2) is 102 Å². The molecule has 0 saturated carbocycles. The topological polar surface area (TPSA) is 3.88 Å². The largest absolute Gasteiger partial charge is 1.00 e. The zero-order valence-electron chi connectivity index (χ0n) is 16.1. The molecule has 0 radical (unpaired) electrons. The minimum atomic E-state index is 0. The summed E-state index contributed by atoms with van der Waals surface area (Å²) in [6.45, 7) is 0. The van der Waals surface area contributed by atoms with Gasteiger partial charge >= 0.3 is 0 Å². The number of aryl methyl sites for hydroxylation is 1. The van der Waals surface area contributed by atoms with Crippen molar-refractivity contribution in [3.8, 4) is 22.4 Å². The van der Waals surface area contributed by atoms with Crippen LogP contribution in [0.25, 0.3) is 34.5 Å². The molecule has 0 spiro atoms. The highest BCUT2D eigenvalue weighted by Gasteiger charge is 2.17. The second kappa shape index (κ2) is 9.99. The smallest absolute Gasteiger partial charge is 0.219 e. The summed E-state index contributed by atoms with van der Waals surface area (Å²) in [5, 5.41) is 0. The predicted molar refractivity (Wildman–Crippen MR) is 122 cm³/mol. The molecule has 144 valence electrons. The Kier molecular flexibility index (Phi) is 7.40. The maximum absolute atomic E-state index is 3.56. The van der Waals surface area contributed by atoms with Gasteiger partial charge in [-0.15, -0.1) is 0 Å². The van der Waals surface area contributed by atoms with Gasteiger partial charge in [-0.3, -0.25) is 0 Å². The van der Waals surface area contributed by atoms with E-state index in [1.165, 1.54) is 33.5 Å². The SMILES string of the molecule is C[n+]1cc(-c2ccccc2)cc(/C=C/c2cccc(Br)c2)c1-c1ccccc1.[I-]. The second-order valence-corrected chi connectivity index (χ2v) is 7.68. The lowest BCUT2D eigenvalue weighted by Gasteiger charge is -2.08. The molecular weight excluding hydrogens is 533 g/mol. The standard InChI is InChI=1S/C26H21BrN.HI/c1-28-19-24(21-10-4-2-5-11-21)18-23(26(28)22-12-6-3-7-13-22)16-15-20-9-8-14-25(27)17-20;/h2-19H,1H3;1H/q+1;/p-1/b16-15+;. The summed E-state index contributed by atoms with van der Waals surface area (Å²) in [7, 11) is 2.12. The third kappa shape index (κ3) is 5.22.